The van der Waals surface area contributed by atoms with Gasteiger partial charge in [0.15, 0.2) is 0 Å². The molecule has 182 valence electrons. The van der Waals surface area contributed by atoms with Crippen LogP contribution in [0.15, 0.2) is 88.8 Å². The molecule has 0 atom stereocenters. The van der Waals surface area contributed by atoms with Gasteiger partial charge in [-0.15, -0.1) is 11.5 Å². The summed E-state index contributed by atoms with van der Waals surface area (Å²) in [4.78, 5) is 9.66. The van der Waals surface area contributed by atoms with Gasteiger partial charge in [-0.25, -0.2) is 0 Å². The van der Waals surface area contributed by atoms with Crippen LogP contribution in [0.2, 0.25) is 0 Å². The first kappa shape index (κ1) is 29.1. The maximum Gasteiger partial charge on any atom is 2.00 e. The minimum Gasteiger partial charge on any atom is -0.873 e. The largest absolute Gasteiger partial charge is 2.00 e. The fourth-order valence-electron chi connectivity index (χ4n) is 3.27. The van der Waals surface area contributed by atoms with Crippen molar-refractivity contribution in [2.24, 2.45) is 9.98 Å². The molecule has 0 aromatic heterocycles. The standard InChI is InChI=1S/C20H24N2.C9H12O2.Ni/c1-3-5-16-20(22-18-14-10-7-11-15-18)19(4-2)21-17-12-8-6-9-13-17;1-2-3-7-4-5-8(10)9(11)6-7;/h6-15H,3-5,16H2,1-2H3;4-6,10-11H,2-3H2,1H3;/q;;+2/p-2. The summed E-state index contributed by atoms with van der Waals surface area (Å²) in [6.45, 7) is 6.39. The normalized spacial score (nSPS) is 11.3. The second-order valence-corrected chi connectivity index (χ2v) is 7.78. The number of hydrogen-bond acceptors (Lipinski definition) is 4. The Labute approximate surface area is 214 Å². The maximum atomic E-state index is 10.8. The topological polar surface area (TPSA) is 70.8 Å². The first-order valence-corrected chi connectivity index (χ1v) is 11.8. The number of para-hydroxylation sites is 2. The molecule has 3 aromatic carbocycles. The van der Waals surface area contributed by atoms with Gasteiger partial charge in [0.05, 0.1) is 22.8 Å². The number of rotatable bonds is 9. The molecule has 0 aliphatic heterocycles. The molecule has 3 rings (SSSR count). The predicted molar refractivity (Wildman–Crippen MR) is 136 cm³/mol. The SMILES string of the molecule is CCCCC(=Nc1ccccc1)C(CC)=Nc1ccccc1.CCCc1ccc([O-])c([O-])c1.[Ni+2]. The van der Waals surface area contributed by atoms with Crippen molar-refractivity contribution in [1.29, 1.82) is 0 Å². The van der Waals surface area contributed by atoms with Crippen molar-refractivity contribution in [2.45, 2.75) is 59.3 Å². The Hall–Kier alpha value is -2.91. The first-order chi connectivity index (χ1) is 16.1. The Morgan fingerprint density at radius 1 is 0.676 bits per heavy atom. The van der Waals surface area contributed by atoms with Gasteiger partial charge in [0, 0.05) is 0 Å². The molecular formula is C29H34N2NiO2. The minimum absolute atomic E-state index is 0. The molecule has 4 nitrogen and oxygen atoms in total. The van der Waals surface area contributed by atoms with E-state index in [1.54, 1.807) is 6.07 Å². The zero-order valence-electron chi connectivity index (χ0n) is 20.3. The number of unbranched alkanes of at least 4 members (excludes halogenated alkanes) is 1. The molecule has 0 radical (unpaired) electrons. The number of aryl methyl sites for hydroxylation is 1. The second kappa shape index (κ2) is 16.7. The van der Waals surface area contributed by atoms with Gasteiger partial charge in [-0.3, -0.25) is 9.98 Å². The number of benzene rings is 3. The van der Waals surface area contributed by atoms with E-state index >= 15 is 0 Å². The van der Waals surface area contributed by atoms with Gasteiger partial charge in [0.2, 0.25) is 0 Å². The molecule has 0 spiro atoms. The van der Waals surface area contributed by atoms with Crippen LogP contribution in [0.25, 0.3) is 0 Å². The molecule has 0 N–H and O–H groups in total. The van der Waals surface area contributed by atoms with E-state index in [0.717, 1.165) is 66.9 Å². The third kappa shape index (κ3) is 10.4. The monoisotopic (exact) mass is 500 g/mol. The molecule has 0 bridgehead atoms. The van der Waals surface area contributed by atoms with E-state index in [9.17, 15) is 10.2 Å². The number of aliphatic imine (C=N–C) groups is 2. The Balaban J connectivity index is 0.000000407. The fourth-order valence-corrected chi connectivity index (χ4v) is 3.27. The van der Waals surface area contributed by atoms with Gasteiger partial charge < -0.3 is 10.2 Å². The average molecular weight is 501 g/mol. The minimum atomic E-state index is -0.412. The smallest absolute Gasteiger partial charge is 0.873 e. The summed E-state index contributed by atoms with van der Waals surface area (Å²) in [6, 6.07) is 24.8. The van der Waals surface area contributed by atoms with E-state index in [-0.39, 0.29) is 16.5 Å². The molecular weight excluding hydrogens is 467 g/mol. The fraction of sp³-hybridized carbons (Fsp3) is 0.310. The summed E-state index contributed by atoms with van der Waals surface area (Å²) in [7, 11) is 0. The summed E-state index contributed by atoms with van der Waals surface area (Å²) >= 11 is 0. The van der Waals surface area contributed by atoms with Crippen molar-refractivity contribution in [3.63, 3.8) is 0 Å². The molecule has 34 heavy (non-hydrogen) atoms. The molecule has 0 unspecified atom stereocenters. The molecule has 5 heteroatoms. The van der Waals surface area contributed by atoms with Crippen LogP contribution in [0.1, 0.15) is 58.4 Å². The summed E-state index contributed by atoms with van der Waals surface area (Å²) in [6.07, 6.45) is 6.04. The van der Waals surface area contributed by atoms with Crippen molar-refractivity contribution >= 4 is 22.8 Å². The van der Waals surface area contributed by atoms with Crippen molar-refractivity contribution in [1.82, 2.24) is 0 Å². The first-order valence-electron chi connectivity index (χ1n) is 11.8. The summed E-state index contributed by atoms with van der Waals surface area (Å²) in [5.74, 6) is -0.805. The molecule has 0 aliphatic carbocycles. The third-order valence-corrected chi connectivity index (χ3v) is 5.02. The molecule has 0 fully saturated rings. The van der Waals surface area contributed by atoms with Gasteiger partial charge in [0.25, 0.3) is 0 Å². The van der Waals surface area contributed by atoms with Crippen LogP contribution in [-0.4, -0.2) is 11.4 Å². The zero-order chi connectivity index (χ0) is 23.9. The van der Waals surface area contributed by atoms with Crippen LogP contribution < -0.4 is 10.2 Å². The molecule has 3 aromatic rings. The van der Waals surface area contributed by atoms with E-state index in [2.05, 4.69) is 13.8 Å². The molecule has 0 saturated carbocycles. The number of nitrogens with zero attached hydrogens (tertiary/aromatic N) is 2. The maximum absolute atomic E-state index is 10.8. The number of hydrogen-bond donors (Lipinski definition) is 0. The van der Waals surface area contributed by atoms with Crippen LogP contribution >= 0.6 is 0 Å². The Kier molecular flexibility index (Phi) is 14.3. The van der Waals surface area contributed by atoms with Crippen molar-refractivity contribution in [2.75, 3.05) is 0 Å². The average Bonchev–Trinajstić information content (AvgIpc) is 2.84. The van der Waals surface area contributed by atoms with Gasteiger partial charge in [0.1, 0.15) is 0 Å². The summed E-state index contributed by atoms with van der Waals surface area (Å²) in [5, 5.41) is 21.5. The summed E-state index contributed by atoms with van der Waals surface area (Å²) < 4.78 is 0. The van der Waals surface area contributed by atoms with Crippen LogP contribution in [0.3, 0.4) is 0 Å². The van der Waals surface area contributed by atoms with Crippen molar-refractivity contribution in [3.05, 3.63) is 84.4 Å². The quantitative estimate of drug-likeness (QED) is 0.236. The molecule has 0 heterocycles. The van der Waals surface area contributed by atoms with Gasteiger partial charge in [-0.05, 0) is 55.5 Å². The van der Waals surface area contributed by atoms with E-state index in [0.29, 0.717) is 0 Å². The Bertz CT molecular complexity index is 1020. The van der Waals surface area contributed by atoms with Gasteiger partial charge in [-0.2, -0.15) is 0 Å². The Morgan fingerprint density at radius 3 is 1.71 bits per heavy atom. The van der Waals surface area contributed by atoms with Crippen LogP contribution in [0, 0.1) is 0 Å². The van der Waals surface area contributed by atoms with Crippen molar-refractivity contribution < 1.29 is 26.7 Å². The summed E-state index contributed by atoms with van der Waals surface area (Å²) in [5.41, 5.74) is 5.15. The van der Waals surface area contributed by atoms with Gasteiger partial charge >= 0.3 is 16.5 Å². The van der Waals surface area contributed by atoms with Crippen molar-refractivity contribution in [3.8, 4) is 11.5 Å². The van der Waals surface area contributed by atoms with E-state index in [1.165, 1.54) is 12.1 Å². The van der Waals surface area contributed by atoms with Crippen LogP contribution in [-0.2, 0) is 22.9 Å². The molecule has 0 amide bonds. The molecule has 0 saturated heterocycles. The van der Waals surface area contributed by atoms with Crippen LogP contribution in [0.4, 0.5) is 11.4 Å². The van der Waals surface area contributed by atoms with E-state index in [4.69, 9.17) is 9.98 Å². The zero-order valence-corrected chi connectivity index (χ0v) is 21.3. The second-order valence-electron chi connectivity index (χ2n) is 7.78. The predicted octanol–water partition coefficient (Wildman–Crippen LogP) is 6.92. The van der Waals surface area contributed by atoms with Crippen LogP contribution in [0.5, 0.6) is 11.5 Å². The molecule has 0 aliphatic rings. The Morgan fingerprint density at radius 2 is 1.24 bits per heavy atom. The third-order valence-electron chi connectivity index (χ3n) is 5.02. The van der Waals surface area contributed by atoms with E-state index < -0.39 is 11.5 Å². The van der Waals surface area contributed by atoms with Gasteiger partial charge in [-0.1, -0.05) is 88.2 Å². The van der Waals surface area contributed by atoms with E-state index in [1.807, 2.05) is 67.6 Å².